The first-order valence-corrected chi connectivity index (χ1v) is 6.66. The van der Waals surface area contributed by atoms with Crippen LogP contribution >= 0.6 is 12.2 Å². The van der Waals surface area contributed by atoms with Crippen molar-refractivity contribution in [2.75, 3.05) is 13.7 Å². The molecule has 0 saturated carbocycles. The van der Waals surface area contributed by atoms with E-state index in [0.717, 1.165) is 5.56 Å². The Labute approximate surface area is 127 Å². The molecular weight excluding hydrogens is 288 g/mol. The zero-order valence-corrected chi connectivity index (χ0v) is 12.7. The fourth-order valence-electron chi connectivity index (χ4n) is 1.66. The maximum absolute atomic E-state index is 5.50. The smallest absolute Gasteiger partial charge is 0.216 e. The van der Waals surface area contributed by atoms with Gasteiger partial charge in [0.15, 0.2) is 11.5 Å². The molecule has 0 atom stereocenters. The van der Waals surface area contributed by atoms with Gasteiger partial charge in [-0.3, -0.25) is 5.10 Å². The molecular formula is C14H16N4O2S. The minimum absolute atomic E-state index is 0.424. The molecule has 1 heterocycles. The summed E-state index contributed by atoms with van der Waals surface area (Å²) in [6.45, 7) is 5.85. The van der Waals surface area contributed by atoms with Crippen LogP contribution in [0.4, 0.5) is 0 Å². The molecule has 0 unspecified atom stereocenters. The highest BCUT2D eigenvalue weighted by molar-refractivity contribution is 7.71. The van der Waals surface area contributed by atoms with Gasteiger partial charge in [0.05, 0.1) is 13.3 Å². The Balaban J connectivity index is 2.25. The van der Waals surface area contributed by atoms with E-state index in [9.17, 15) is 0 Å². The van der Waals surface area contributed by atoms with Gasteiger partial charge in [-0.05, 0) is 42.9 Å². The van der Waals surface area contributed by atoms with Crippen LogP contribution in [-0.4, -0.2) is 34.8 Å². The third-order valence-corrected chi connectivity index (χ3v) is 2.94. The van der Waals surface area contributed by atoms with E-state index in [1.54, 1.807) is 24.1 Å². The SMILES string of the molecule is C=CCOc1ccc(/C=N/n2c(C)n[nH]c2=S)cc1OC. The van der Waals surface area contributed by atoms with E-state index in [2.05, 4.69) is 21.9 Å². The summed E-state index contributed by atoms with van der Waals surface area (Å²) in [6.07, 6.45) is 3.36. The minimum Gasteiger partial charge on any atom is -0.493 e. The molecule has 0 aliphatic rings. The van der Waals surface area contributed by atoms with Gasteiger partial charge in [0.25, 0.3) is 0 Å². The maximum atomic E-state index is 5.50. The quantitative estimate of drug-likeness (QED) is 0.506. The monoisotopic (exact) mass is 304 g/mol. The van der Waals surface area contributed by atoms with E-state index in [4.69, 9.17) is 21.7 Å². The van der Waals surface area contributed by atoms with Gasteiger partial charge in [-0.1, -0.05) is 12.7 Å². The number of nitrogens with one attached hydrogen (secondary N) is 1. The lowest BCUT2D eigenvalue weighted by Crippen LogP contribution is -1.98. The van der Waals surface area contributed by atoms with E-state index in [1.807, 2.05) is 25.1 Å². The van der Waals surface area contributed by atoms with E-state index in [-0.39, 0.29) is 0 Å². The van der Waals surface area contributed by atoms with E-state index < -0.39 is 0 Å². The molecule has 0 amide bonds. The minimum atomic E-state index is 0.424. The van der Waals surface area contributed by atoms with Crippen LogP contribution in [-0.2, 0) is 0 Å². The topological polar surface area (TPSA) is 64.4 Å². The number of rotatable bonds is 6. The molecule has 2 rings (SSSR count). The Kier molecular flexibility index (Phi) is 4.89. The second-order valence-corrected chi connectivity index (χ2v) is 4.53. The van der Waals surface area contributed by atoms with Gasteiger partial charge in [-0.25, -0.2) is 0 Å². The number of nitrogens with zero attached hydrogens (tertiary/aromatic N) is 3. The third-order valence-electron chi connectivity index (χ3n) is 2.68. The van der Waals surface area contributed by atoms with Gasteiger partial charge in [0.2, 0.25) is 4.77 Å². The second-order valence-electron chi connectivity index (χ2n) is 4.14. The summed E-state index contributed by atoms with van der Waals surface area (Å²) in [4.78, 5) is 0. The Morgan fingerprint density at radius 2 is 2.29 bits per heavy atom. The molecule has 0 fully saturated rings. The fraction of sp³-hybridized carbons (Fsp3) is 0.214. The third kappa shape index (κ3) is 3.57. The molecule has 1 aromatic carbocycles. The largest absolute Gasteiger partial charge is 0.493 e. The van der Waals surface area contributed by atoms with Gasteiger partial charge in [0, 0.05) is 0 Å². The van der Waals surface area contributed by atoms with Crippen LogP contribution < -0.4 is 9.47 Å². The molecule has 2 aromatic rings. The predicted molar refractivity (Wildman–Crippen MR) is 83.8 cm³/mol. The van der Waals surface area contributed by atoms with Crippen molar-refractivity contribution in [2.45, 2.75) is 6.92 Å². The van der Waals surface area contributed by atoms with Crippen LogP contribution in [0.5, 0.6) is 11.5 Å². The Hall–Kier alpha value is -2.41. The number of ether oxygens (including phenoxy) is 2. The number of hydrogen-bond acceptors (Lipinski definition) is 5. The lowest BCUT2D eigenvalue weighted by atomic mass is 10.2. The Morgan fingerprint density at radius 3 is 2.90 bits per heavy atom. The molecule has 7 heteroatoms. The van der Waals surface area contributed by atoms with Gasteiger partial charge >= 0.3 is 0 Å². The first kappa shape index (κ1) is 15.0. The van der Waals surface area contributed by atoms with Crippen molar-refractivity contribution in [3.05, 3.63) is 47.0 Å². The highest BCUT2D eigenvalue weighted by Crippen LogP contribution is 2.27. The van der Waals surface area contributed by atoms with Crippen LogP contribution in [0.25, 0.3) is 0 Å². The molecule has 0 aliphatic carbocycles. The van der Waals surface area contributed by atoms with E-state index in [1.165, 1.54) is 0 Å². The molecule has 6 nitrogen and oxygen atoms in total. The highest BCUT2D eigenvalue weighted by atomic mass is 32.1. The summed E-state index contributed by atoms with van der Waals surface area (Å²) in [6, 6.07) is 5.54. The van der Waals surface area contributed by atoms with E-state index in [0.29, 0.717) is 28.7 Å². The van der Waals surface area contributed by atoms with Crippen LogP contribution in [0.2, 0.25) is 0 Å². The van der Waals surface area contributed by atoms with Crippen molar-refractivity contribution in [1.82, 2.24) is 14.9 Å². The molecule has 0 saturated heterocycles. The standard InChI is InChI=1S/C14H16N4O2S/c1-4-7-20-12-6-5-11(8-13(12)19-3)9-15-18-10(2)16-17-14(18)21/h4-6,8-9H,1,7H2,2-3H3,(H,17,21)/b15-9+. The summed E-state index contributed by atoms with van der Waals surface area (Å²) < 4.78 is 12.8. The fourth-order valence-corrected chi connectivity index (χ4v) is 1.89. The Morgan fingerprint density at radius 1 is 1.48 bits per heavy atom. The van der Waals surface area contributed by atoms with Crippen molar-refractivity contribution in [1.29, 1.82) is 0 Å². The molecule has 0 radical (unpaired) electrons. The van der Waals surface area contributed by atoms with Crippen molar-refractivity contribution in [3.8, 4) is 11.5 Å². The summed E-state index contributed by atoms with van der Waals surface area (Å²) in [5, 5.41) is 10.9. The molecule has 1 N–H and O–H groups in total. The molecule has 0 bridgehead atoms. The number of hydrogen-bond donors (Lipinski definition) is 1. The van der Waals surface area contributed by atoms with Crippen LogP contribution in [0.1, 0.15) is 11.4 Å². The van der Waals surface area contributed by atoms with Crippen LogP contribution in [0.3, 0.4) is 0 Å². The van der Waals surface area contributed by atoms with E-state index >= 15 is 0 Å². The van der Waals surface area contributed by atoms with Crippen molar-refractivity contribution < 1.29 is 9.47 Å². The first-order chi connectivity index (χ1) is 10.2. The lowest BCUT2D eigenvalue weighted by molar-refractivity contribution is 0.326. The van der Waals surface area contributed by atoms with Gasteiger partial charge in [0.1, 0.15) is 12.4 Å². The summed E-state index contributed by atoms with van der Waals surface area (Å²) in [7, 11) is 1.59. The zero-order valence-electron chi connectivity index (χ0n) is 11.9. The van der Waals surface area contributed by atoms with Gasteiger partial charge in [-0.15, -0.1) is 0 Å². The molecule has 0 aliphatic heterocycles. The Bertz CT molecular complexity index is 718. The van der Waals surface area contributed by atoms with Crippen molar-refractivity contribution in [2.24, 2.45) is 5.10 Å². The predicted octanol–water partition coefficient (Wildman–Crippen LogP) is 2.70. The lowest BCUT2D eigenvalue weighted by Gasteiger charge is -2.09. The zero-order chi connectivity index (χ0) is 15.2. The average Bonchev–Trinajstić information content (AvgIpc) is 2.82. The first-order valence-electron chi connectivity index (χ1n) is 6.26. The summed E-state index contributed by atoms with van der Waals surface area (Å²) >= 11 is 5.08. The number of methoxy groups -OCH3 is 1. The number of aryl methyl sites for hydroxylation is 1. The maximum Gasteiger partial charge on any atom is 0.216 e. The molecule has 110 valence electrons. The van der Waals surface area contributed by atoms with Crippen molar-refractivity contribution >= 4 is 18.4 Å². The van der Waals surface area contributed by atoms with Crippen LogP contribution in [0, 0.1) is 11.7 Å². The molecule has 0 spiro atoms. The highest BCUT2D eigenvalue weighted by Gasteiger charge is 2.04. The second kappa shape index (κ2) is 6.85. The summed E-state index contributed by atoms with van der Waals surface area (Å²) in [5.74, 6) is 1.98. The number of aromatic nitrogens is 3. The average molecular weight is 304 g/mol. The van der Waals surface area contributed by atoms with Gasteiger partial charge in [-0.2, -0.15) is 14.9 Å². The normalized spacial score (nSPS) is 10.8. The summed E-state index contributed by atoms with van der Waals surface area (Å²) in [5.41, 5.74) is 0.861. The van der Waals surface area contributed by atoms with Crippen LogP contribution in [0.15, 0.2) is 36.0 Å². The number of aromatic amines is 1. The van der Waals surface area contributed by atoms with Gasteiger partial charge < -0.3 is 9.47 Å². The van der Waals surface area contributed by atoms with Crippen molar-refractivity contribution in [3.63, 3.8) is 0 Å². The molecule has 21 heavy (non-hydrogen) atoms. The molecule has 1 aromatic heterocycles. The number of benzene rings is 1. The number of H-pyrrole nitrogens is 1.